The molecule has 1 aliphatic rings. The molecule has 0 fully saturated rings. The van der Waals surface area contributed by atoms with E-state index in [0.29, 0.717) is 11.2 Å². The summed E-state index contributed by atoms with van der Waals surface area (Å²) < 4.78 is 31.0. The van der Waals surface area contributed by atoms with Crippen LogP contribution in [-0.4, -0.2) is 36.9 Å². The van der Waals surface area contributed by atoms with Crippen LogP contribution in [0.2, 0.25) is 0 Å². The fraction of sp³-hybridized carbons (Fsp3) is 0.364. The van der Waals surface area contributed by atoms with Gasteiger partial charge in [-0.3, -0.25) is 0 Å². The quantitative estimate of drug-likeness (QED) is 0.442. The summed E-state index contributed by atoms with van der Waals surface area (Å²) in [7, 11) is -4.59. The monoisotopic (exact) mass is 351 g/mol. The van der Waals surface area contributed by atoms with Crippen molar-refractivity contribution in [2.45, 2.75) is 18.6 Å². The minimum Gasteiger partial charge on any atom is -0.777 e. The number of allylic oxidation sites excluding steroid dienone is 1. The fourth-order valence-electron chi connectivity index (χ4n) is 2.33. The summed E-state index contributed by atoms with van der Waals surface area (Å²) in [4.78, 5) is 31.3. The number of rotatable bonds is 4. The normalized spacial score (nSPS) is 23.3. The Morgan fingerprint density at radius 1 is 1.52 bits per heavy atom. The number of imidazole rings is 1. The molecule has 0 spiro atoms. The Bertz CT molecular complexity index is 794. The number of hydrogen-bond acceptors (Lipinski definition) is 7. The van der Waals surface area contributed by atoms with Gasteiger partial charge >= 0.3 is 29.6 Å². The molecule has 12 heteroatoms. The molecule has 2 aromatic rings. The zero-order valence-corrected chi connectivity index (χ0v) is 15.1. The second-order valence-corrected chi connectivity index (χ2v) is 6.39. The number of fused-ring (bicyclic) bond motifs is 1. The van der Waals surface area contributed by atoms with E-state index in [2.05, 4.69) is 15.0 Å². The smallest absolute Gasteiger partial charge is 0.777 e. The number of anilines is 1. The predicted molar refractivity (Wildman–Crippen MR) is 72.1 cm³/mol. The van der Waals surface area contributed by atoms with Gasteiger partial charge < -0.3 is 29.4 Å². The van der Waals surface area contributed by atoms with Crippen LogP contribution < -0.4 is 40.2 Å². The zero-order valence-electron chi connectivity index (χ0n) is 12.2. The van der Waals surface area contributed by atoms with Crippen molar-refractivity contribution in [3.05, 3.63) is 24.6 Å². The van der Waals surface area contributed by atoms with E-state index < -0.39 is 31.9 Å². The van der Waals surface area contributed by atoms with E-state index in [9.17, 15) is 13.8 Å². The van der Waals surface area contributed by atoms with E-state index in [4.69, 9.17) is 15.4 Å². The molecule has 3 atom stereocenters. The number of aromatic nitrogens is 4. The first-order chi connectivity index (χ1) is 10.3. The van der Waals surface area contributed by atoms with Gasteiger partial charge in [0, 0.05) is 6.42 Å². The Hall–Kier alpha value is -0.870. The molecule has 0 saturated heterocycles. The Morgan fingerprint density at radius 2 is 2.26 bits per heavy atom. The molecule has 0 aliphatic heterocycles. The third-order valence-electron chi connectivity index (χ3n) is 3.30. The largest absolute Gasteiger partial charge is 1.00 e. The molecule has 118 valence electrons. The van der Waals surface area contributed by atoms with Gasteiger partial charge in [0.05, 0.1) is 12.4 Å². The molecular weight excluding hydrogens is 339 g/mol. The molecule has 0 radical (unpaired) electrons. The molecule has 1 aliphatic carbocycles. The third kappa shape index (κ3) is 3.97. The third-order valence-corrected chi connectivity index (χ3v) is 3.77. The van der Waals surface area contributed by atoms with Gasteiger partial charge in [0.25, 0.3) is 0 Å². The van der Waals surface area contributed by atoms with Crippen LogP contribution in [0.25, 0.3) is 11.2 Å². The number of halogens is 1. The fourth-order valence-corrected chi connectivity index (χ4v) is 2.70. The van der Waals surface area contributed by atoms with Crippen LogP contribution in [0.3, 0.4) is 0 Å². The summed E-state index contributed by atoms with van der Waals surface area (Å²) in [5.41, 5.74) is 6.53. The van der Waals surface area contributed by atoms with Crippen molar-refractivity contribution < 1.29 is 53.0 Å². The van der Waals surface area contributed by atoms with Crippen LogP contribution in [0.15, 0.2) is 24.6 Å². The maximum Gasteiger partial charge on any atom is 1.00 e. The molecule has 23 heavy (non-hydrogen) atoms. The Labute approximate surface area is 152 Å². The Morgan fingerprint density at radius 3 is 2.96 bits per heavy atom. The minimum absolute atomic E-state index is 0. The van der Waals surface area contributed by atoms with E-state index in [1.165, 1.54) is 18.7 Å². The van der Waals surface area contributed by atoms with Crippen LogP contribution in [-0.2, 0) is 9.30 Å². The molecule has 2 aromatic heterocycles. The van der Waals surface area contributed by atoms with E-state index in [0.717, 1.165) is 0 Å². The van der Waals surface area contributed by atoms with Crippen LogP contribution in [0, 0.1) is 0 Å². The van der Waals surface area contributed by atoms with Gasteiger partial charge in [-0.15, -0.1) is 0 Å². The van der Waals surface area contributed by atoms with Gasteiger partial charge in [-0.25, -0.2) is 19.3 Å². The second kappa shape index (κ2) is 6.94. The SMILES string of the molecule is Nc1ncnc2c1ncn2[C@H]1C=C(F)[C@@H](OCP(=O)([O-])O)C1.[Na+]. The summed E-state index contributed by atoms with van der Waals surface area (Å²) in [5, 5.41) is 0. The molecular formula is C11H12FN5NaO4P. The van der Waals surface area contributed by atoms with Crippen molar-refractivity contribution in [3.63, 3.8) is 0 Å². The van der Waals surface area contributed by atoms with E-state index in [-0.39, 0.29) is 41.8 Å². The maximum absolute atomic E-state index is 13.9. The number of hydrogen-bond donors (Lipinski definition) is 2. The van der Waals surface area contributed by atoms with Crippen LogP contribution in [0.4, 0.5) is 10.2 Å². The van der Waals surface area contributed by atoms with E-state index in [1.807, 2.05) is 0 Å². The van der Waals surface area contributed by atoms with E-state index in [1.54, 1.807) is 4.57 Å². The maximum atomic E-state index is 13.9. The molecule has 1 unspecified atom stereocenters. The van der Waals surface area contributed by atoms with Crippen molar-refractivity contribution in [2.24, 2.45) is 0 Å². The molecule has 0 bridgehead atoms. The van der Waals surface area contributed by atoms with Crippen LogP contribution in [0.5, 0.6) is 0 Å². The molecule has 0 amide bonds. The number of nitrogens with zero attached hydrogens (tertiary/aromatic N) is 4. The van der Waals surface area contributed by atoms with Gasteiger partial charge in [0.15, 0.2) is 19.1 Å². The van der Waals surface area contributed by atoms with Crippen molar-refractivity contribution in [3.8, 4) is 0 Å². The molecule has 0 aromatic carbocycles. The molecule has 2 heterocycles. The molecule has 3 rings (SSSR count). The van der Waals surface area contributed by atoms with Crippen molar-refractivity contribution in [1.82, 2.24) is 19.5 Å². The van der Waals surface area contributed by atoms with Gasteiger partial charge in [0.1, 0.15) is 30.1 Å². The summed E-state index contributed by atoms with van der Waals surface area (Å²) in [6.45, 7) is 0. The Balaban J connectivity index is 0.00000192. The average molecular weight is 351 g/mol. The van der Waals surface area contributed by atoms with Crippen molar-refractivity contribution in [2.75, 3.05) is 12.1 Å². The zero-order chi connectivity index (χ0) is 15.9. The first-order valence-corrected chi connectivity index (χ1v) is 8.06. The number of ether oxygens (including phenoxy) is 1. The summed E-state index contributed by atoms with van der Waals surface area (Å²) in [6.07, 6.45) is 2.19. The predicted octanol–water partition coefficient (Wildman–Crippen LogP) is -2.90. The standard InChI is InChI=1S/C11H13FN5O4P.Na/c12-7-1-6(2-8(7)21-5-22(18,19)20)17-4-16-9-10(13)14-3-15-11(9)17;/h1,3-4,6,8H,2,5H2,(H2,13,14,15)(H2,18,19,20);/q;+1/p-1/t6-,8-;/m0./s1. The minimum atomic E-state index is -4.59. The van der Waals surface area contributed by atoms with Gasteiger partial charge in [-0.05, 0) is 6.08 Å². The number of nitrogens with two attached hydrogens (primary N) is 1. The van der Waals surface area contributed by atoms with Gasteiger partial charge in [-0.1, -0.05) is 0 Å². The summed E-state index contributed by atoms with van der Waals surface area (Å²) in [6, 6.07) is -0.450. The summed E-state index contributed by atoms with van der Waals surface area (Å²) >= 11 is 0. The van der Waals surface area contributed by atoms with Crippen molar-refractivity contribution in [1.29, 1.82) is 0 Å². The second-order valence-electron chi connectivity index (χ2n) is 4.86. The first kappa shape index (κ1) is 18.5. The average Bonchev–Trinajstić information content (AvgIpc) is 3.00. The number of nitrogen functional groups attached to an aromatic ring is 1. The van der Waals surface area contributed by atoms with Crippen molar-refractivity contribution >= 4 is 24.6 Å². The van der Waals surface area contributed by atoms with Gasteiger partial charge in [0.2, 0.25) is 0 Å². The van der Waals surface area contributed by atoms with Crippen LogP contribution >= 0.6 is 7.60 Å². The van der Waals surface area contributed by atoms with E-state index >= 15 is 0 Å². The topological polar surface area (TPSA) is 139 Å². The molecule has 3 N–H and O–H groups in total. The first-order valence-electron chi connectivity index (χ1n) is 6.30. The Kier molecular flexibility index (Phi) is 5.57. The molecule has 9 nitrogen and oxygen atoms in total. The molecule has 0 saturated carbocycles. The summed E-state index contributed by atoms with van der Waals surface area (Å²) in [5.74, 6) is -0.395. The van der Waals surface area contributed by atoms with Crippen LogP contribution in [0.1, 0.15) is 12.5 Å². The van der Waals surface area contributed by atoms with Gasteiger partial charge in [-0.2, -0.15) is 0 Å².